The molecule has 2 aromatic carbocycles. The van der Waals surface area contributed by atoms with Gasteiger partial charge in [-0.2, -0.15) is 5.26 Å². The molecule has 2 aromatic rings. The highest BCUT2D eigenvalue weighted by Crippen LogP contribution is 2.48. The van der Waals surface area contributed by atoms with Gasteiger partial charge < -0.3 is 25.6 Å². The summed E-state index contributed by atoms with van der Waals surface area (Å²) >= 11 is 1.50. The predicted octanol–water partition coefficient (Wildman–Crippen LogP) is 3.64. The summed E-state index contributed by atoms with van der Waals surface area (Å²) in [5, 5.41) is 19.0. The molecule has 10 heteroatoms. The van der Waals surface area contributed by atoms with E-state index in [0.717, 1.165) is 49.4 Å². The molecule has 0 saturated carbocycles. The number of nitrogens with zero attached hydrogens (tertiary/aromatic N) is 3. The maximum atomic E-state index is 13.6. The molecule has 4 aliphatic heterocycles. The fourth-order valence-electron chi connectivity index (χ4n) is 5.93. The van der Waals surface area contributed by atoms with Crippen LogP contribution in [-0.2, 0) is 4.79 Å². The van der Waals surface area contributed by atoms with Crippen LogP contribution in [0.3, 0.4) is 0 Å². The highest BCUT2D eigenvalue weighted by Gasteiger charge is 2.52. The lowest BCUT2D eigenvalue weighted by Gasteiger charge is -2.46. The maximum Gasteiger partial charge on any atom is 0.326 e. The van der Waals surface area contributed by atoms with Crippen LogP contribution in [0.5, 0.6) is 11.5 Å². The number of amides is 3. The lowest BCUT2D eigenvalue weighted by Crippen LogP contribution is -2.62. The van der Waals surface area contributed by atoms with E-state index in [1.807, 2.05) is 60.4 Å². The number of urea groups is 1. The van der Waals surface area contributed by atoms with E-state index in [0.29, 0.717) is 22.9 Å². The SMILES string of the molecule is Cc1cc(Oc2ccccc2)ccc1N1C(=O)NC2=C(C(=O)NC3CCCN(C#N)C3)SC3NCCC1C23. The number of para-hydroxylation sites is 1. The summed E-state index contributed by atoms with van der Waals surface area (Å²) in [5.74, 6) is 1.28. The Morgan fingerprint density at radius 1 is 1.18 bits per heavy atom. The number of benzene rings is 2. The summed E-state index contributed by atoms with van der Waals surface area (Å²) in [6.07, 6.45) is 4.68. The summed E-state index contributed by atoms with van der Waals surface area (Å²) in [6, 6.07) is 15.0. The van der Waals surface area contributed by atoms with Crippen LogP contribution in [0.25, 0.3) is 0 Å². The van der Waals surface area contributed by atoms with E-state index in [2.05, 4.69) is 22.1 Å². The number of hydrogen-bond donors (Lipinski definition) is 3. The van der Waals surface area contributed by atoms with Crippen molar-refractivity contribution in [3.63, 3.8) is 0 Å². The lowest BCUT2D eigenvalue weighted by atomic mass is 9.86. The van der Waals surface area contributed by atoms with E-state index >= 15 is 0 Å². The zero-order valence-electron chi connectivity index (χ0n) is 21.1. The van der Waals surface area contributed by atoms with E-state index in [1.165, 1.54) is 11.8 Å². The topological polar surface area (TPSA) is 110 Å². The van der Waals surface area contributed by atoms with Crippen molar-refractivity contribution in [3.8, 4) is 17.7 Å². The Kier molecular flexibility index (Phi) is 6.64. The number of rotatable bonds is 5. The number of nitrogens with one attached hydrogen (secondary N) is 3. The molecular formula is C28H30N6O3S. The zero-order valence-corrected chi connectivity index (χ0v) is 22.0. The molecule has 4 heterocycles. The Bertz CT molecular complexity index is 1330. The first-order chi connectivity index (χ1) is 18.5. The average Bonchev–Trinajstić information content (AvgIpc) is 3.30. The number of nitriles is 1. The fraction of sp³-hybridized carbons (Fsp3) is 0.393. The predicted molar refractivity (Wildman–Crippen MR) is 145 cm³/mol. The largest absolute Gasteiger partial charge is 0.457 e. The van der Waals surface area contributed by atoms with Crippen LogP contribution in [0.2, 0.25) is 0 Å². The van der Waals surface area contributed by atoms with Crippen LogP contribution in [0, 0.1) is 24.3 Å². The summed E-state index contributed by atoms with van der Waals surface area (Å²) in [7, 11) is 0. The first-order valence-corrected chi connectivity index (χ1v) is 13.9. The van der Waals surface area contributed by atoms with E-state index in [1.54, 1.807) is 4.90 Å². The molecule has 0 aliphatic carbocycles. The van der Waals surface area contributed by atoms with E-state index < -0.39 is 0 Å². The van der Waals surface area contributed by atoms with Crippen molar-refractivity contribution in [1.82, 2.24) is 20.9 Å². The van der Waals surface area contributed by atoms with Crippen molar-refractivity contribution in [2.24, 2.45) is 5.92 Å². The molecule has 9 nitrogen and oxygen atoms in total. The van der Waals surface area contributed by atoms with Gasteiger partial charge >= 0.3 is 6.03 Å². The number of carbonyl (C=O) groups is 2. The van der Waals surface area contributed by atoms with Crippen molar-refractivity contribution in [3.05, 3.63) is 64.7 Å². The summed E-state index contributed by atoms with van der Waals surface area (Å²) in [4.78, 5) is 31.0. The number of hydrogen-bond acceptors (Lipinski definition) is 7. The second-order valence-corrected chi connectivity index (χ2v) is 11.3. The van der Waals surface area contributed by atoms with Gasteiger partial charge in [-0.05, 0) is 68.6 Å². The molecule has 4 atom stereocenters. The Balaban J connectivity index is 1.24. The van der Waals surface area contributed by atoms with Gasteiger partial charge in [0, 0.05) is 36.4 Å². The Hall–Kier alpha value is -3.68. The minimum Gasteiger partial charge on any atom is -0.457 e. The Morgan fingerprint density at radius 3 is 2.82 bits per heavy atom. The molecule has 6 rings (SSSR count). The normalized spacial score (nSPS) is 26.4. The quantitative estimate of drug-likeness (QED) is 0.507. The van der Waals surface area contributed by atoms with Gasteiger partial charge in [-0.3, -0.25) is 9.69 Å². The van der Waals surface area contributed by atoms with E-state index in [4.69, 9.17) is 4.74 Å². The third-order valence-corrected chi connectivity index (χ3v) is 9.01. The minimum absolute atomic E-state index is 0.00977. The van der Waals surface area contributed by atoms with Crippen LogP contribution < -0.4 is 25.6 Å². The molecule has 0 spiro atoms. The van der Waals surface area contributed by atoms with Crippen molar-refractivity contribution in [1.29, 1.82) is 5.26 Å². The second kappa shape index (κ2) is 10.2. The molecular weight excluding hydrogens is 500 g/mol. The monoisotopic (exact) mass is 530 g/mol. The zero-order chi connectivity index (χ0) is 26.2. The molecule has 38 heavy (non-hydrogen) atoms. The smallest absolute Gasteiger partial charge is 0.326 e. The summed E-state index contributed by atoms with van der Waals surface area (Å²) < 4.78 is 5.99. The van der Waals surface area contributed by atoms with Crippen LogP contribution >= 0.6 is 11.8 Å². The maximum absolute atomic E-state index is 13.6. The molecule has 4 unspecified atom stereocenters. The average molecular weight is 531 g/mol. The van der Waals surface area contributed by atoms with Crippen LogP contribution in [0.1, 0.15) is 24.8 Å². The van der Waals surface area contributed by atoms with Crippen molar-refractivity contribution < 1.29 is 14.3 Å². The van der Waals surface area contributed by atoms with Gasteiger partial charge in [-0.15, -0.1) is 0 Å². The first-order valence-electron chi connectivity index (χ1n) is 13.1. The van der Waals surface area contributed by atoms with Gasteiger partial charge in [0.05, 0.1) is 16.3 Å². The lowest BCUT2D eigenvalue weighted by molar-refractivity contribution is -0.117. The number of aryl methyl sites for hydroxylation is 1. The van der Waals surface area contributed by atoms with Crippen LogP contribution in [0.4, 0.5) is 10.5 Å². The third-order valence-electron chi connectivity index (χ3n) is 7.65. The van der Waals surface area contributed by atoms with Gasteiger partial charge in [-0.25, -0.2) is 4.79 Å². The minimum atomic E-state index is -0.220. The molecule has 3 saturated heterocycles. The van der Waals surface area contributed by atoms with Crippen LogP contribution in [0.15, 0.2) is 59.1 Å². The Labute approximate surface area is 226 Å². The molecule has 4 aliphatic rings. The number of piperidine rings is 2. The van der Waals surface area contributed by atoms with E-state index in [-0.39, 0.29) is 35.3 Å². The van der Waals surface area contributed by atoms with Gasteiger partial charge in [0.1, 0.15) is 11.5 Å². The first kappa shape index (κ1) is 24.6. The van der Waals surface area contributed by atoms with Crippen LogP contribution in [-0.4, -0.2) is 53.9 Å². The second-order valence-electron chi connectivity index (χ2n) is 10.1. The van der Waals surface area contributed by atoms with Gasteiger partial charge in [0.2, 0.25) is 0 Å². The Morgan fingerprint density at radius 2 is 2.03 bits per heavy atom. The molecule has 0 radical (unpaired) electrons. The van der Waals surface area contributed by atoms with Crippen molar-refractivity contribution in [2.45, 2.75) is 43.6 Å². The molecule has 3 fully saturated rings. The fourth-order valence-corrected chi connectivity index (χ4v) is 7.32. The number of carbonyl (C=O) groups excluding carboxylic acids is 2. The molecule has 196 valence electrons. The standard InChI is InChI=1S/C28H30N6O3S/c1-17-14-20(37-19-7-3-2-4-8-19)9-10-21(17)34-22-11-12-30-27-23(22)24(32-28(34)36)25(38-27)26(35)31-18-6-5-13-33(15-18)16-29/h2-4,7-10,14,18,22-23,27,30H,5-6,11-13,15H2,1H3,(H,31,35)(H,32,36). The third kappa shape index (κ3) is 4.57. The molecule has 0 aromatic heterocycles. The molecule has 3 N–H and O–H groups in total. The van der Waals surface area contributed by atoms with Gasteiger partial charge in [-0.1, -0.05) is 30.0 Å². The van der Waals surface area contributed by atoms with Crippen molar-refractivity contribution >= 4 is 29.4 Å². The number of ether oxygens (including phenoxy) is 1. The molecule has 3 amide bonds. The van der Waals surface area contributed by atoms with Gasteiger partial charge in [0.15, 0.2) is 6.19 Å². The van der Waals surface area contributed by atoms with Crippen molar-refractivity contribution in [2.75, 3.05) is 24.5 Å². The highest BCUT2D eigenvalue weighted by molar-refractivity contribution is 8.04. The number of thioether (sulfide) groups is 1. The van der Waals surface area contributed by atoms with Gasteiger partial charge in [0.25, 0.3) is 5.91 Å². The number of anilines is 1. The highest BCUT2D eigenvalue weighted by atomic mass is 32.2. The van der Waals surface area contributed by atoms with E-state index in [9.17, 15) is 14.9 Å². The molecule has 0 bridgehead atoms. The number of likely N-dealkylation sites (tertiary alicyclic amines) is 1. The summed E-state index contributed by atoms with van der Waals surface area (Å²) in [5.41, 5.74) is 2.50. The summed E-state index contributed by atoms with van der Waals surface area (Å²) in [6.45, 7) is 4.00.